The van der Waals surface area contributed by atoms with E-state index < -0.39 is 91.6 Å². The van der Waals surface area contributed by atoms with Crippen LogP contribution >= 0.6 is 15.9 Å². The number of nitrogens with zero attached hydrogens (tertiary/aromatic N) is 1. The van der Waals surface area contributed by atoms with Gasteiger partial charge in [-0.25, -0.2) is 0 Å². The summed E-state index contributed by atoms with van der Waals surface area (Å²) in [5.74, 6) is -10.3. The second-order valence-electron chi connectivity index (χ2n) is 10.9. The SMILES string of the molecule is CC1c2ccc(NC(=O)C(C)(C)Br)c(O)c2C(O)=C2C(=O)C3(O)C(O)=C(C(N)=O)C(=O)[C@@H](N(C)C)C3C(O)C21. The Morgan fingerprint density at radius 2 is 1.74 bits per heavy atom. The van der Waals surface area contributed by atoms with Crippen LogP contribution in [0.25, 0.3) is 5.76 Å². The molecule has 4 rings (SSSR count). The normalized spacial score (nSPS) is 30.6. The lowest BCUT2D eigenvalue weighted by atomic mass is 9.54. The Labute approximate surface area is 231 Å². The maximum Gasteiger partial charge on any atom is 0.255 e. The molecule has 1 aromatic rings. The van der Waals surface area contributed by atoms with Gasteiger partial charge in [-0.15, -0.1) is 0 Å². The largest absolute Gasteiger partial charge is 0.508 e. The third-order valence-electron chi connectivity index (χ3n) is 7.92. The number of carbonyl (C=O) groups is 4. The smallest absolute Gasteiger partial charge is 0.255 e. The third-order valence-corrected chi connectivity index (χ3v) is 8.28. The molecule has 3 aliphatic rings. The second-order valence-corrected chi connectivity index (χ2v) is 12.9. The van der Waals surface area contributed by atoms with Crippen molar-refractivity contribution < 1.29 is 44.7 Å². The van der Waals surface area contributed by atoms with Crippen LogP contribution < -0.4 is 11.1 Å². The highest BCUT2D eigenvalue weighted by molar-refractivity contribution is 9.10. The van der Waals surface area contributed by atoms with Gasteiger partial charge in [-0.05, 0) is 45.5 Å². The number of carbonyl (C=O) groups excluding carboxylic acids is 4. The highest BCUT2D eigenvalue weighted by Crippen LogP contribution is 2.56. The van der Waals surface area contributed by atoms with Crippen LogP contribution in [0.1, 0.15) is 37.8 Å². The molecule has 0 radical (unpaired) electrons. The molecule has 6 atom stereocenters. The van der Waals surface area contributed by atoms with E-state index in [2.05, 4.69) is 21.2 Å². The zero-order chi connectivity index (χ0) is 29.5. The maximum atomic E-state index is 14.0. The van der Waals surface area contributed by atoms with E-state index in [1.54, 1.807) is 20.8 Å². The molecule has 8 N–H and O–H groups in total. The second kappa shape index (κ2) is 9.15. The fourth-order valence-electron chi connectivity index (χ4n) is 5.99. The Hall–Kier alpha value is -3.26. The van der Waals surface area contributed by atoms with Crippen LogP contribution in [0.5, 0.6) is 5.75 Å². The molecule has 210 valence electrons. The van der Waals surface area contributed by atoms with E-state index >= 15 is 0 Å². The number of phenols is 1. The number of primary amides is 1. The monoisotopic (exact) mass is 607 g/mol. The van der Waals surface area contributed by atoms with Crippen LogP contribution in [0.2, 0.25) is 0 Å². The number of benzene rings is 1. The number of halogens is 1. The predicted molar refractivity (Wildman–Crippen MR) is 142 cm³/mol. The summed E-state index contributed by atoms with van der Waals surface area (Å²) in [4.78, 5) is 53.0. The molecule has 1 aromatic carbocycles. The van der Waals surface area contributed by atoms with Gasteiger partial charge in [-0.3, -0.25) is 24.1 Å². The Kier molecular flexibility index (Phi) is 6.74. The number of hydrogen-bond donors (Lipinski definition) is 7. The zero-order valence-electron chi connectivity index (χ0n) is 21.8. The Bertz CT molecular complexity index is 1390. The van der Waals surface area contributed by atoms with Crippen LogP contribution in [0.3, 0.4) is 0 Å². The topological polar surface area (TPSA) is 211 Å². The van der Waals surface area contributed by atoms with E-state index in [9.17, 15) is 44.7 Å². The lowest BCUT2D eigenvalue weighted by Gasteiger charge is -2.53. The molecule has 39 heavy (non-hydrogen) atoms. The molecule has 1 fully saturated rings. The number of phenolic OH excluding ortho intramolecular Hbond substituents is 1. The lowest BCUT2D eigenvalue weighted by molar-refractivity contribution is -0.169. The molecular formula is C26H30BrN3O9. The van der Waals surface area contributed by atoms with Crippen molar-refractivity contribution in [1.29, 1.82) is 0 Å². The highest BCUT2D eigenvalue weighted by atomic mass is 79.9. The van der Waals surface area contributed by atoms with Crippen molar-refractivity contribution in [3.63, 3.8) is 0 Å². The van der Waals surface area contributed by atoms with Gasteiger partial charge in [-0.1, -0.05) is 28.9 Å². The fourth-order valence-corrected chi connectivity index (χ4v) is 6.09. The van der Waals surface area contributed by atoms with Crippen LogP contribution in [0.4, 0.5) is 5.69 Å². The van der Waals surface area contributed by atoms with Crippen LogP contribution in [-0.4, -0.2) is 90.0 Å². The first-order valence-electron chi connectivity index (χ1n) is 12.1. The Morgan fingerprint density at radius 1 is 1.15 bits per heavy atom. The van der Waals surface area contributed by atoms with E-state index in [0.29, 0.717) is 5.56 Å². The Morgan fingerprint density at radius 3 is 2.26 bits per heavy atom. The number of amides is 2. The standard InChI is InChI=1S/C26H30BrN3O9/c1-8-9-6-7-10(29-24(38)25(2,3)27)17(31)12(9)18(32)13-11(8)19(33)15-16(30(4)5)20(34)14(23(28)37)22(36)26(15,39)21(13)35/h6-8,11,15-16,19,31-33,36,39H,1-5H3,(H2,28,37)(H,29,38)/t8?,11?,15?,16-,19?,26?/m0/s1. The number of likely N-dealkylation sites (N-methyl/N-ethyl adjacent to an activating group) is 1. The molecule has 1 saturated carbocycles. The van der Waals surface area contributed by atoms with Gasteiger partial charge in [0.1, 0.15) is 22.8 Å². The third kappa shape index (κ3) is 3.90. The van der Waals surface area contributed by atoms with Gasteiger partial charge in [0.25, 0.3) is 5.91 Å². The summed E-state index contributed by atoms with van der Waals surface area (Å²) < 4.78 is -1.00. The molecule has 0 aromatic heterocycles. The summed E-state index contributed by atoms with van der Waals surface area (Å²) in [5, 5.41) is 59.2. The number of alkyl halides is 1. The van der Waals surface area contributed by atoms with Crippen LogP contribution in [0.15, 0.2) is 29.0 Å². The first kappa shape index (κ1) is 28.7. The van der Waals surface area contributed by atoms with Crippen molar-refractivity contribution >= 4 is 50.8 Å². The molecule has 13 heteroatoms. The molecular weight excluding hydrogens is 578 g/mol. The van der Waals surface area contributed by atoms with Crippen LogP contribution in [0, 0.1) is 11.8 Å². The average Bonchev–Trinajstić information content (AvgIpc) is 2.81. The fraction of sp³-hybridized carbons (Fsp3) is 0.462. The molecule has 0 heterocycles. The minimum absolute atomic E-state index is 0.0702. The van der Waals surface area contributed by atoms with Gasteiger partial charge >= 0.3 is 0 Å². The minimum atomic E-state index is -2.99. The summed E-state index contributed by atoms with van der Waals surface area (Å²) in [6.07, 6.45) is -1.68. The van der Waals surface area contributed by atoms with E-state index in [0.717, 1.165) is 0 Å². The highest BCUT2D eigenvalue weighted by Gasteiger charge is 2.68. The van der Waals surface area contributed by atoms with Gasteiger partial charge in [0, 0.05) is 11.5 Å². The summed E-state index contributed by atoms with van der Waals surface area (Å²) in [6.45, 7) is 4.79. The predicted octanol–water partition coefficient (Wildman–Crippen LogP) is 0.608. The number of fused-ring (bicyclic) bond motifs is 3. The van der Waals surface area contributed by atoms with Crippen LogP contribution in [-0.2, 0) is 19.2 Å². The van der Waals surface area contributed by atoms with E-state index in [4.69, 9.17) is 5.73 Å². The molecule has 3 aliphatic carbocycles. The molecule has 12 nitrogen and oxygen atoms in total. The van der Waals surface area contributed by atoms with E-state index in [1.165, 1.54) is 31.1 Å². The van der Waals surface area contributed by atoms with Crippen molar-refractivity contribution in [2.75, 3.05) is 19.4 Å². The molecule has 0 saturated heterocycles. The number of aliphatic hydroxyl groups is 4. The number of aromatic hydroxyl groups is 1. The molecule has 0 bridgehead atoms. The van der Waals surface area contributed by atoms with Crippen molar-refractivity contribution in [2.24, 2.45) is 17.6 Å². The quantitative estimate of drug-likeness (QED) is 0.144. The van der Waals surface area contributed by atoms with Crippen molar-refractivity contribution in [3.8, 4) is 5.75 Å². The van der Waals surface area contributed by atoms with Gasteiger partial charge in [0.2, 0.25) is 11.7 Å². The number of ketones is 2. The first-order chi connectivity index (χ1) is 17.9. The zero-order valence-corrected chi connectivity index (χ0v) is 23.4. The maximum absolute atomic E-state index is 14.0. The average molecular weight is 608 g/mol. The van der Waals surface area contributed by atoms with Gasteiger partial charge in [0.05, 0.1) is 33.6 Å². The number of nitrogens with two attached hydrogens (primary N) is 1. The number of nitrogens with one attached hydrogen (secondary N) is 1. The number of anilines is 1. The van der Waals surface area contributed by atoms with Crippen molar-refractivity contribution in [1.82, 2.24) is 4.90 Å². The Balaban J connectivity index is 1.98. The van der Waals surface area contributed by atoms with Gasteiger partial charge in [0.15, 0.2) is 11.4 Å². The molecule has 0 spiro atoms. The molecule has 2 amide bonds. The van der Waals surface area contributed by atoms with Gasteiger partial charge in [-0.2, -0.15) is 0 Å². The molecule has 5 unspecified atom stereocenters. The summed E-state index contributed by atoms with van der Waals surface area (Å²) in [7, 11) is 2.87. The minimum Gasteiger partial charge on any atom is -0.508 e. The summed E-state index contributed by atoms with van der Waals surface area (Å²) in [6, 6.07) is 1.50. The lowest BCUT2D eigenvalue weighted by Crippen LogP contribution is -2.70. The van der Waals surface area contributed by atoms with Gasteiger partial charge < -0.3 is 36.6 Å². The summed E-state index contributed by atoms with van der Waals surface area (Å²) in [5.41, 5.74) is 0.863. The summed E-state index contributed by atoms with van der Waals surface area (Å²) >= 11 is 3.22. The number of aliphatic hydroxyl groups excluding tert-OH is 3. The first-order valence-corrected chi connectivity index (χ1v) is 12.9. The van der Waals surface area contributed by atoms with E-state index in [-0.39, 0.29) is 11.3 Å². The number of rotatable bonds is 4. The molecule has 0 aliphatic heterocycles. The van der Waals surface area contributed by atoms with Crippen molar-refractivity contribution in [2.45, 2.75) is 48.8 Å². The number of hydrogen-bond acceptors (Lipinski definition) is 10. The van der Waals surface area contributed by atoms with E-state index in [1.807, 2.05) is 0 Å². The number of Topliss-reactive ketones (excluding diaryl/α,β-unsaturated/α-hetero) is 2. The van der Waals surface area contributed by atoms with Crippen molar-refractivity contribution in [3.05, 3.63) is 40.2 Å².